The maximum absolute atomic E-state index is 5.80. The second-order valence-electron chi connectivity index (χ2n) is 7.50. The molecule has 1 aromatic heterocycles. The normalized spacial score (nSPS) is 18.7. The molecular formula is C18H34IN5O2. The van der Waals surface area contributed by atoms with Crippen LogP contribution in [0.2, 0.25) is 0 Å². The van der Waals surface area contributed by atoms with Crippen LogP contribution in [0, 0.1) is 0 Å². The van der Waals surface area contributed by atoms with Gasteiger partial charge in [-0.05, 0) is 19.4 Å². The summed E-state index contributed by atoms with van der Waals surface area (Å²) in [7, 11) is 3.53. The number of nitrogens with zero attached hydrogens (tertiary/aromatic N) is 3. The highest BCUT2D eigenvalue weighted by atomic mass is 127. The fourth-order valence-corrected chi connectivity index (χ4v) is 2.96. The Morgan fingerprint density at radius 1 is 1.42 bits per heavy atom. The Kier molecular flexibility index (Phi) is 9.88. The second-order valence-corrected chi connectivity index (χ2v) is 7.50. The van der Waals surface area contributed by atoms with Crippen molar-refractivity contribution in [2.75, 3.05) is 40.4 Å². The summed E-state index contributed by atoms with van der Waals surface area (Å²) in [5.41, 5.74) is -0.0285. The van der Waals surface area contributed by atoms with E-state index in [2.05, 4.69) is 46.3 Å². The molecule has 0 amide bonds. The third-order valence-electron chi connectivity index (χ3n) is 4.51. The molecule has 0 bridgehead atoms. The average Bonchev–Trinajstić information content (AvgIpc) is 3.21. The van der Waals surface area contributed by atoms with Gasteiger partial charge in [-0.1, -0.05) is 20.8 Å². The van der Waals surface area contributed by atoms with Crippen LogP contribution in [0.15, 0.2) is 15.6 Å². The number of methoxy groups -OCH3 is 1. The smallest absolute Gasteiger partial charge is 0.213 e. The number of likely N-dealkylation sites (tertiary alicyclic amines) is 1. The van der Waals surface area contributed by atoms with E-state index in [-0.39, 0.29) is 29.4 Å². The number of aliphatic imine (C=N–C) groups is 1. The van der Waals surface area contributed by atoms with Crippen molar-refractivity contribution in [1.82, 2.24) is 20.5 Å². The zero-order valence-electron chi connectivity index (χ0n) is 16.7. The number of halogens is 1. The minimum absolute atomic E-state index is 0. The summed E-state index contributed by atoms with van der Waals surface area (Å²) in [5.74, 6) is 2.34. The van der Waals surface area contributed by atoms with Gasteiger partial charge < -0.3 is 19.8 Å². The van der Waals surface area contributed by atoms with Gasteiger partial charge >= 0.3 is 0 Å². The number of nitrogens with one attached hydrogen (secondary N) is 2. The molecule has 1 atom stereocenters. The zero-order valence-corrected chi connectivity index (χ0v) is 19.0. The number of rotatable bonds is 7. The number of hydrogen-bond donors (Lipinski definition) is 2. The van der Waals surface area contributed by atoms with Gasteiger partial charge in [0.05, 0.1) is 19.3 Å². The van der Waals surface area contributed by atoms with E-state index in [0.717, 1.165) is 38.0 Å². The van der Waals surface area contributed by atoms with E-state index in [1.807, 2.05) is 0 Å². The van der Waals surface area contributed by atoms with Crippen molar-refractivity contribution >= 4 is 29.9 Å². The quantitative estimate of drug-likeness (QED) is 0.356. The van der Waals surface area contributed by atoms with Crippen molar-refractivity contribution in [2.45, 2.75) is 51.6 Å². The molecule has 0 radical (unpaired) electrons. The topological polar surface area (TPSA) is 74.9 Å². The van der Waals surface area contributed by atoms with Crippen LogP contribution >= 0.6 is 24.0 Å². The molecule has 2 N–H and O–H groups in total. The number of ether oxygens (including phenoxy) is 1. The van der Waals surface area contributed by atoms with Crippen molar-refractivity contribution in [3.63, 3.8) is 0 Å². The lowest BCUT2D eigenvalue weighted by Gasteiger charge is -2.25. The van der Waals surface area contributed by atoms with Gasteiger partial charge in [0.25, 0.3) is 0 Å². The van der Waals surface area contributed by atoms with Gasteiger partial charge in [0.1, 0.15) is 5.76 Å². The van der Waals surface area contributed by atoms with Crippen LogP contribution < -0.4 is 10.6 Å². The molecular weight excluding hydrogens is 445 g/mol. The SMILES string of the molecule is CN=C(NCc1ncc(C(C)(C)C)o1)NCC1CCCN1CCOC.I. The molecule has 150 valence electrons. The number of oxazole rings is 1. The fourth-order valence-electron chi connectivity index (χ4n) is 2.96. The largest absolute Gasteiger partial charge is 0.443 e. The van der Waals surface area contributed by atoms with Crippen LogP contribution in [-0.2, 0) is 16.7 Å². The molecule has 1 unspecified atom stereocenters. The Morgan fingerprint density at radius 3 is 2.81 bits per heavy atom. The Balaban J connectivity index is 0.00000338. The molecule has 1 aliphatic rings. The van der Waals surface area contributed by atoms with Crippen LogP contribution in [0.4, 0.5) is 0 Å². The molecule has 2 rings (SSSR count). The van der Waals surface area contributed by atoms with Crippen molar-refractivity contribution in [3.8, 4) is 0 Å². The Hall–Kier alpha value is -0.870. The van der Waals surface area contributed by atoms with E-state index in [4.69, 9.17) is 9.15 Å². The van der Waals surface area contributed by atoms with E-state index in [0.29, 0.717) is 18.5 Å². The minimum atomic E-state index is -0.0285. The lowest BCUT2D eigenvalue weighted by atomic mass is 9.94. The van der Waals surface area contributed by atoms with Crippen molar-refractivity contribution in [3.05, 3.63) is 17.8 Å². The predicted molar refractivity (Wildman–Crippen MR) is 115 cm³/mol. The molecule has 1 aromatic rings. The zero-order chi connectivity index (χ0) is 18.3. The van der Waals surface area contributed by atoms with E-state index in [1.165, 1.54) is 12.8 Å². The molecule has 8 heteroatoms. The van der Waals surface area contributed by atoms with Crippen molar-refractivity contribution < 1.29 is 9.15 Å². The summed E-state index contributed by atoms with van der Waals surface area (Å²) in [6, 6.07) is 0.530. The fraction of sp³-hybridized carbons (Fsp3) is 0.778. The molecule has 0 saturated carbocycles. The van der Waals surface area contributed by atoms with E-state index in [1.54, 1.807) is 20.4 Å². The standard InChI is InChI=1S/C18H33N5O2.HI/c1-18(2,3)15-12-20-16(25-15)13-22-17(19-4)21-11-14-7-6-8-23(14)9-10-24-5;/h12,14H,6-11,13H2,1-5H3,(H2,19,21,22);1H. The third kappa shape index (κ3) is 7.03. The van der Waals surface area contributed by atoms with Crippen LogP contribution in [0.5, 0.6) is 0 Å². The summed E-state index contributed by atoms with van der Waals surface area (Å²) in [6.07, 6.45) is 4.26. The highest BCUT2D eigenvalue weighted by molar-refractivity contribution is 14.0. The molecule has 26 heavy (non-hydrogen) atoms. The van der Waals surface area contributed by atoms with Gasteiger partial charge in [-0.25, -0.2) is 4.98 Å². The monoisotopic (exact) mass is 479 g/mol. The van der Waals surface area contributed by atoms with Crippen molar-refractivity contribution in [1.29, 1.82) is 0 Å². The summed E-state index contributed by atoms with van der Waals surface area (Å²) < 4.78 is 11.0. The molecule has 0 spiro atoms. The Morgan fingerprint density at radius 2 is 2.19 bits per heavy atom. The molecule has 0 aromatic carbocycles. The molecule has 1 aliphatic heterocycles. The summed E-state index contributed by atoms with van der Waals surface area (Å²) >= 11 is 0. The van der Waals surface area contributed by atoms with Gasteiger partial charge in [0, 0.05) is 38.7 Å². The van der Waals surface area contributed by atoms with E-state index in [9.17, 15) is 0 Å². The predicted octanol–water partition coefficient (Wildman–Crippen LogP) is 2.37. The van der Waals surface area contributed by atoms with E-state index < -0.39 is 0 Å². The first kappa shape index (κ1) is 23.2. The van der Waals surface area contributed by atoms with Gasteiger partial charge in [-0.3, -0.25) is 9.89 Å². The molecule has 2 heterocycles. The van der Waals surface area contributed by atoms with Crippen molar-refractivity contribution in [2.24, 2.45) is 4.99 Å². The summed E-state index contributed by atoms with van der Waals surface area (Å²) in [6.45, 7) is 10.7. The maximum atomic E-state index is 5.80. The molecule has 7 nitrogen and oxygen atoms in total. The summed E-state index contributed by atoms with van der Waals surface area (Å²) in [4.78, 5) is 11.1. The van der Waals surface area contributed by atoms with E-state index >= 15 is 0 Å². The molecule has 0 aliphatic carbocycles. The first-order chi connectivity index (χ1) is 11.9. The number of guanidine groups is 1. The summed E-state index contributed by atoms with van der Waals surface area (Å²) in [5, 5.41) is 6.68. The Labute approximate surface area is 174 Å². The first-order valence-corrected chi connectivity index (χ1v) is 9.06. The van der Waals surface area contributed by atoms with Crippen LogP contribution in [0.25, 0.3) is 0 Å². The highest BCUT2D eigenvalue weighted by Gasteiger charge is 2.24. The highest BCUT2D eigenvalue weighted by Crippen LogP contribution is 2.22. The van der Waals surface area contributed by atoms with Gasteiger partial charge in [0.15, 0.2) is 5.96 Å². The lowest BCUT2D eigenvalue weighted by molar-refractivity contribution is 0.141. The van der Waals surface area contributed by atoms with Crippen LogP contribution in [0.3, 0.4) is 0 Å². The lowest BCUT2D eigenvalue weighted by Crippen LogP contribution is -2.45. The van der Waals surface area contributed by atoms with Crippen LogP contribution in [0.1, 0.15) is 45.3 Å². The van der Waals surface area contributed by atoms with Crippen LogP contribution in [-0.4, -0.2) is 62.3 Å². The Bertz CT molecular complexity index is 556. The first-order valence-electron chi connectivity index (χ1n) is 9.06. The van der Waals surface area contributed by atoms with Gasteiger partial charge in [-0.2, -0.15) is 0 Å². The van der Waals surface area contributed by atoms with Gasteiger partial charge in [-0.15, -0.1) is 24.0 Å². The maximum Gasteiger partial charge on any atom is 0.213 e. The number of aromatic nitrogens is 1. The minimum Gasteiger partial charge on any atom is -0.443 e. The molecule has 1 saturated heterocycles. The number of hydrogen-bond acceptors (Lipinski definition) is 5. The third-order valence-corrected chi connectivity index (χ3v) is 4.51. The average molecular weight is 479 g/mol. The second kappa shape index (κ2) is 11.1. The molecule has 1 fully saturated rings. The van der Waals surface area contributed by atoms with Gasteiger partial charge in [0.2, 0.25) is 5.89 Å².